The van der Waals surface area contributed by atoms with Crippen molar-refractivity contribution in [2.75, 3.05) is 26.9 Å². The number of aliphatic hydroxyl groups excluding tert-OH is 2. The van der Waals surface area contributed by atoms with Crippen LogP contribution < -0.4 is 0 Å². The summed E-state index contributed by atoms with van der Waals surface area (Å²) in [6.45, 7) is 6.60. The quantitative estimate of drug-likeness (QED) is 0.678. The van der Waals surface area contributed by atoms with Gasteiger partial charge in [0.15, 0.2) is 0 Å². The molecule has 0 aromatic carbocycles. The molecule has 14 heavy (non-hydrogen) atoms. The molecule has 0 saturated heterocycles. The minimum atomic E-state index is -0.0856. The van der Waals surface area contributed by atoms with E-state index >= 15 is 0 Å². The van der Waals surface area contributed by atoms with Crippen molar-refractivity contribution in [1.82, 2.24) is 0 Å². The summed E-state index contributed by atoms with van der Waals surface area (Å²) in [6.07, 6.45) is 0.895. The molecule has 0 bridgehead atoms. The van der Waals surface area contributed by atoms with Gasteiger partial charge in [-0.3, -0.25) is 0 Å². The maximum Gasteiger partial charge on any atom is 0.0779 e. The first-order valence-electron chi connectivity index (χ1n) is 4.98. The Kier molecular flexibility index (Phi) is 14.9. The molecular weight excluding hydrogens is 184 g/mol. The molecule has 2 unspecified atom stereocenters. The van der Waals surface area contributed by atoms with E-state index in [1.54, 1.807) is 7.11 Å². The Morgan fingerprint density at radius 2 is 1.64 bits per heavy atom. The largest absolute Gasteiger partial charge is 0.396 e. The second-order valence-electron chi connectivity index (χ2n) is 3.10. The predicted octanol–water partition coefficient (Wildman–Crippen LogP) is 0.807. The molecule has 0 aromatic heterocycles. The highest BCUT2D eigenvalue weighted by atomic mass is 16.5. The van der Waals surface area contributed by atoms with E-state index in [1.807, 2.05) is 20.8 Å². The maximum atomic E-state index is 8.55. The van der Waals surface area contributed by atoms with E-state index < -0.39 is 0 Å². The van der Waals surface area contributed by atoms with Crippen molar-refractivity contribution in [3.63, 3.8) is 0 Å². The van der Waals surface area contributed by atoms with Crippen LogP contribution in [0.15, 0.2) is 0 Å². The van der Waals surface area contributed by atoms with Gasteiger partial charge in [-0.25, -0.2) is 0 Å². The summed E-state index contributed by atoms with van der Waals surface area (Å²) in [4.78, 5) is 0. The highest BCUT2D eigenvalue weighted by Crippen LogP contribution is 1.93. The first-order chi connectivity index (χ1) is 6.62. The molecule has 2 atom stereocenters. The average Bonchev–Trinajstić information content (AvgIpc) is 2.25. The molecular formula is C10H24O4. The van der Waals surface area contributed by atoms with Gasteiger partial charge in [0.25, 0.3) is 0 Å². The normalized spacial score (nSPS) is 14.1. The van der Waals surface area contributed by atoms with Crippen molar-refractivity contribution in [3.05, 3.63) is 0 Å². The van der Waals surface area contributed by atoms with Crippen molar-refractivity contribution < 1.29 is 19.7 Å². The van der Waals surface area contributed by atoms with Gasteiger partial charge in [0.2, 0.25) is 0 Å². The molecule has 0 amide bonds. The Balaban J connectivity index is 0. The van der Waals surface area contributed by atoms with Crippen LogP contribution in [0, 0.1) is 0 Å². The summed E-state index contributed by atoms with van der Waals surface area (Å²) in [5.74, 6) is 0. The van der Waals surface area contributed by atoms with E-state index in [0.717, 1.165) is 6.42 Å². The molecule has 0 aliphatic carbocycles. The number of hydrogen-bond donors (Lipinski definition) is 2. The first kappa shape index (κ1) is 16.3. The summed E-state index contributed by atoms with van der Waals surface area (Å²) < 4.78 is 10.1. The van der Waals surface area contributed by atoms with E-state index in [4.69, 9.17) is 19.7 Å². The summed E-state index contributed by atoms with van der Waals surface area (Å²) in [5.41, 5.74) is 0. The minimum absolute atomic E-state index is 0.0659. The average molecular weight is 208 g/mol. The van der Waals surface area contributed by atoms with E-state index in [1.165, 1.54) is 0 Å². The van der Waals surface area contributed by atoms with Gasteiger partial charge in [0.05, 0.1) is 25.4 Å². The van der Waals surface area contributed by atoms with Crippen molar-refractivity contribution in [1.29, 1.82) is 0 Å². The summed E-state index contributed by atoms with van der Waals surface area (Å²) in [6, 6.07) is 0. The Labute approximate surface area is 86.8 Å². The molecule has 2 N–H and O–H groups in total. The molecule has 0 spiro atoms. The fourth-order valence-electron chi connectivity index (χ4n) is 0.421. The molecule has 0 heterocycles. The van der Waals surface area contributed by atoms with E-state index in [9.17, 15) is 0 Å². The third-order valence-corrected chi connectivity index (χ3v) is 1.50. The van der Waals surface area contributed by atoms with Gasteiger partial charge in [-0.1, -0.05) is 6.92 Å². The molecule has 0 aliphatic heterocycles. The standard InChI is InChI=1S/C7H16O3.C3H8O/c1-6(4-8)10-5-7(2)9-3;1-2-3-4/h6-8H,4-5H2,1-3H3;4H,2-3H2,1H3. The molecule has 88 valence electrons. The third-order valence-electron chi connectivity index (χ3n) is 1.50. The van der Waals surface area contributed by atoms with Gasteiger partial charge in [-0.05, 0) is 20.3 Å². The van der Waals surface area contributed by atoms with Crippen molar-refractivity contribution in [2.24, 2.45) is 0 Å². The zero-order valence-corrected chi connectivity index (χ0v) is 9.69. The fraction of sp³-hybridized carbons (Fsp3) is 1.00. The van der Waals surface area contributed by atoms with Crippen LogP contribution in [0.3, 0.4) is 0 Å². The highest BCUT2D eigenvalue weighted by molar-refractivity contribution is 4.49. The van der Waals surface area contributed by atoms with E-state index in [0.29, 0.717) is 13.2 Å². The molecule has 4 nitrogen and oxygen atoms in total. The van der Waals surface area contributed by atoms with Crippen LogP contribution in [0.2, 0.25) is 0 Å². The number of aliphatic hydroxyl groups is 2. The van der Waals surface area contributed by atoms with E-state index in [-0.39, 0.29) is 18.8 Å². The first-order valence-corrected chi connectivity index (χ1v) is 4.98. The molecule has 0 saturated carbocycles. The van der Waals surface area contributed by atoms with Crippen molar-refractivity contribution in [2.45, 2.75) is 39.4 Å². The monoisotopic (exact) mass is 208 g/mol. The van der Waals surface area contributed by atoms with Gasteiger partial charge in [0, 0.05) is 13.7 Å². The third kappa shape index (κ3) is 14.4. The van der Waals surface area contributed by atoms with Gasteiger partial charge in [0.1, 0.15) is 0 Å². The highest BCUT2D eigenvalue weighted by Gasteiger charge is 2.03. The number of ether oxygens (including phenoxy) is 2. The second-order valence-corrected chi connectivity index (χ2v) is 3.10. The smallest absolute Gasteiger partial charge is 0.0779 e. The Morgan fingerprint density at radius 3 is 1.93 bits per heavy atom. The molecule has 4 heteroatoms. The lowest BCUT2D eigenvalue weighted by Crippen LogP contribution is -2.21. The lowest BCUT2D eigenvalue weighted by Gasteiger charge is -2.13. The molecule has 0 fully saturated rings. The van der Waals surface area contributed by atoms with Crippen LogP contribution in [0.1, 0.15) is 27.2 Å². The van der Waals surface area contributed by atoms with Crippen LogP contribution >= 0.6 is 0 Å². The van der Waals surface area contributed by atoms with Gasteiger partial charge >= 0.3 is 0 Å². The lowest BCUT2D eigenvalue weighted by molar-refractivity contribution is -0.0313. The number of methoxy groups -OCH3 is 1. The Bertz CT molecular complexity index is 86.1. The van der Waals surface area contributed by atoms with Crippen LogP contribution in [0.25, 0.3) is 0 Å². The van der Waals surface area contributed by atoms with Crippen LogP contribution in [-0.4, -0.2) is 49.4 Å². The van der Waals surface area contributed by atoms with Crippen LogP contribution in [0.5, 0.6) is 0 Å². The molecule has 0 aliphatic rings. The summed E-state index contributed by atoms with van der Waals surface area (Å²) in [5, 5.41) is 16.4. The SMILES string of the molecule is CCCO.COC(C)COC(C)CO. The zero-order chi connectivity index (χ0) is 11.4. The van der Waals surface area contributed by atoms with Gasteiger partial charge < -0.3 is 19.7 Å². The van der Waals surface area contributed by atoms with Crippen LogP contribution in [0.4, 0.5) is 0 Å². The fourth-order valence-corrected chi connectivity index (χ4v) is 0.421. The van der Waals surface area contributed by atoms with Gasteiger partial charge in [-0.2, -0.15) is 0 Å². The van der Waals surface area contributed by atoms with E-state index in [2.05, 4.69) is 0 Å². The molecule has 0 rings (SSSR count). The minimum Gasteiger partial charge on any atom is -0.396 e. The molecule has 0 radical (unpaired) electrons. The Morgan fingerprint density at radius 1 is 1.14 bits per heavy atom. The second kappa shape index (κ2) is 12.8. The van der Waals surface area contributed by atoms with Crippen molar-refractivity contribution >= 4 is 0 Å². The topological polar surface area (TPSA) is 58.9 Å². The maximum absolute atomic E-state index is 8.55. The molecule has 0 aromatic rings. The number of rotatable bonds is 6. The summed E-state index contributed by atoms with van der Waals surface area (Å²) in [7, 11) is 1.64. The number of hydrogen-bond acceptors (Lipinski definition) is 4. The van der Waals surface area contributed by atoms with Crippen molar-refractivity contribution in [3.8, 4) is 0 Å². The Hall–Kier alpha value is -0.160. The predicted molar refractivity (Wildman–Crippen MR) is 56.3 cm³/mol. The van der Waals surface area contributed by atoms with Gasteiger partial charge in [-0.15, -0.1) is 0 Å². The van der Waals surface area contributed by atoms with Crippen LogP contribution in [-0.2, 0) is 9.47 Å². The zero-order valence-electron chi connectivity index (χ0n) is 9.69. The lowest BCUT2D eigenvalue weighted by atomic mass is 10.4. The summed E-state index contributed by atoms with van der Waals surface area (Å²) >= 11 is 0.